The quantitative estimate of drug-likeness (QED) is 0.876. The maximum atomic E-state index is 11.6. The van der Waals surface area contributed by atoms with Crippen molar-refractivity contribution in [3.05, 3.63) is 11.1 Å². The minimum absolute atomic E-state index is 0. The molecule has 0 spiro atoms. The van der Waals surface area contributed by atoms with Gasteiger partial charge in [0.15, 0.2) is 5.13 Å². The number of anilines is 1. The van der Waals surface area contributed by atoms with E-state index in [0.29, 0.717) is 11.0 Å². The predicted octanol–water partition coefficient (Wildman–Crippen LogP) is 2.12. The Balaban J connectivity index is 0.00000128. The van der Waals surface area contributed by atoms with Crippen LogP contribution in [0.3, 0.4) is 0 Å². The molecule has 1 fully saturated rings. The molecule has 1 amide bonds. The van der Waals surface area contributed by atoms with Crippen LogP contribution in [0.5, 0.6) is 0 Å². The second kappa shape index (κ2) is 4.69. The van der Waals surface area contributed by atoms with Crippen molar-refractivity contribution in [2.24, 2.45) is 5.73 Å². The van der Waals surface area contributed by atoms with Gasteiger partial charge in [-0.3, -0.25) is 4.79 Å². The Morgan fingerprint density at radius 2 is 2.25 bits per heavy atom. The van der Waals surface area contributed by atoms with E-state index in [1.807, 2.05) is 5.38 Å². The number of nitrogens with one attached hydrogen (secondary N) is 1. The minimum atomic E-state index is -0.856. The summed E-state index contributed by atoms with van der Waals surface area (Å²) in [5.74, 6) is 0.428. The smallest absolute Gasteiger partial charge is 0.245 e. The molecule has 90 valence electrons. The van der Waals surface area contributed by atoms with Crippen molar-refractivity contribution in [3.8, 4) is 0 Å². The summed E-state index contributed by atoms with van der Waals surface area (Å²) in [6.07, 6.45) is 2.44. The van der Waals surface area contributed by atoms with Gasteiger partial charge >= 0.3 is 0 Å². The molecule has 0 unspecified atom stereocenters. The molecule has 0 atom stereocenters. The van der Waals surface area contributed by atoms with Gasteiger partial charge in [0, 0.05) is 11.3 Å². The van der Waals surface area contributed by atoms with E-state index in [9.17, 15) is 4.79 Å². The SMILES string of the molecule is CC(C)(N)C(=O)Nc1nc(C2CC2)cs1.Cl. The Morgan fingerprint density at radius 3 is 2.75 bits per heavy atom. The molecule has 1 heterocycles. The lowest BCUT2D eigenvalue weighted by atomic mass is 10.1. The summed E-state index contributed by atoms with van der Waals surface area (Å²) in [5, 5.41) is 5.39. The molecular weight excluding hydrogens is 246 g/mol. The van der Waals surface area contributed by atoms with Crippen LogP contribution in [0, 0.1) is 0 Å². The van der Waals surface area contributed by atoms with Gasteiger partial charge in [-0.1, -0.05) is 0 Å². The van der Waals surface area contributed by atoms with Crippen molar-refractivity contribution in [2.75, 3.05) is 5.32 Å². The molecule has 0 aromatic carbocycles. The van der Waals surface area contributed by atoms with E-state index in [1.165, 1.54) is 24.2 Å². The molecule has 0 aliphatic heterocycles. The van der Waals surface area contributed by atoms with Crippen LogP contribution in [-0.2, 0) is 4.79 Å². The van der Waals surface area contributed by atoms with Crippen LogP contribution in [0.15, 0.2) is 5.38 Å². The van der Waals surface area contributed by atoms with Crippen molar-refractivity contribution in [2.45, 2.75) is 38.1 Å². The van der Waals surface area contributed by atoms with Gasteiger partial charge in [0.1, 0.15) is 0 Å². The highest BCUT2D eigenvalue weighted by Gasteiger charge is 2.27. The van der Waals surface area contributed by atoms with Crippen molar-refractivity contribution >= 4 is 34.8 Å². The number of nitrogens with two attached hydrogens (primary N) is 1. The number of halogens is 1. The molecule has 3 N–H and O–H groups in total. The van der Waals surface area contributed by atoms with Gasteiger partial charge in [-0.2, -0.15) is 0 Å². The molecule has 1 aliphatic rings. The van der Waals surface area contributed by atoms with Gasteiger partial charge in [-0.15, -0.1) is 23.7 Å². The van der Waals surface area contributed by atoms with Crippen LogP contribution in [0.25, 0.3) is 0 Å². The summed E-state index contributed by atoms with van der Waals surface area (Å²) in [4.78, 5) is 15.9. The Labute approximate surface area is 105 Å². The first-order valence-corrected chi connectivity index (χ1v) is 5.90. The number of carbonyl (C=O) groups excluding carboxylic acids is 1. The van der Waals surface area contributed by atoms with E-state index >= 15 is 0 Å². The Hall–Kier alpha value is -0.650. The van der Waals surface area contributed by atoms with Crippen LogP contribution in [0.1, 0.15) is 38.3 Å². The molecular formula is C10H16ClN3OS. The van der Waals surface area contributed by atoms with Gasteiger partial charge in [0.25, 0.3) is 0 Å². The predicted molar refractivity (Wildman–Crippen MR) is 68.2 cm³/mol. The summed E-state index contributed by atoms with van der Waals surface area (Å²) in [7, 11) is 0. The zero-order chi connectivity index (χ0) is 11.1. The average Bonchev–Trinajstić information content (AvgIpc) is 2.87. The lowest BCUT2D eigenvalue weighted by Gasteiger charge is -2.16. The highest BCUT2D eigenvalue weighted by Crippen LogP contribution is 2.40. The minimum Gasteiger partial charge on any atom is -0.318 e. The summed E-state index contributed by atoms with van der Waals surface area (Å²) in [5.41, 5.74) is 5.92. The van der Waals surface area contributed by atoms with Gasteiger partial charge in [-0.05, 0) is 26.7 Å². The molecule has 1 saturated carbocycles. The second-order valence-corrected chi connectivity index (χ2v) is 5.39. The first kappa shape index (κ1) is 13.4. The number of thiazole rings is 1. The van der Waals surface area contributed by atoms with E-state index in [2.05, 4.69) is 10.3 Å². The highest BCUT2D eigenvalue weighted by atomic mass is 35.5. The number of aromatic nitrogens is 1. The lowest BCUT2D eigenvalue weighted by molar-refractivity contribution is -0.120. The number of amides is 1. The fourth-order valence-corrected chi connectivity index (χ4v) is 1.96. The topological polar surface area (TPSA) is 68.0 Å². The summed E-state index contributed by atoms with van der Waals surface area (Å²) in [6.45, 7) is 3.36. The van der Waals surface area contributed by atoms with Crippen molar-refractivity contribution in [1.82, 2.24) is 4.98 Å². The summed E-state index contributed by atoms with van der Waals surface area (Å²) >= 11 is 1.46. The molecule has 1 aliphatic carbocycles. The molecule has 1 aromatic heterocycles. The Kier molecular flexibility index (Phi) is 3.93. The van der Waals surface area contributed by atoms with Crippen molar-refractivity contribution in [3.63, 3.8) is 0 Å². The van der Waals surface area contributed by atoms with E-state index in [0.717, 1.165) is 5.69 Å². The molecule has 1 aromatic rings. The number of hydrogen-bond donors (Lipinski definition) is 2. The number of rotatable bonds is 3. The first-order valence-electron chi connectivity index (χ1n) is 5.02. The molecule has 0 bridgehead atoms. The summed E-state index contributed by atoms with van der Waals surface area (Å²) < 4.78 is 0. The Bertz CT molecular complexity index is 382. The van der Waals surface area contributed by atoms with Crippen LogP contribution in [0.4, 0.5) is 5.13 Å². The molecule has 4 nitrogen and oxygen atoms in total. The van der Waals surface area contributed by atoms with Gasteiger partial charge in [0.05, 0.1) is 11.2 Å². The van der Waals surface area contributed by atoms with E-state index < -0.39 is 5.54 Å². The number of nitrogens with zero attached hydrogens (tertiary/aromatic N) is 1. The maximum absolute atomic E-state index is 11.6. The number of hydrogen-bond acceptors (Lipinski definition) is 4. The van der Waals surface area contributed by atoms with E-state index in [-0.39, 0.29) is 18.3 Å². The molecule has 6 heteroatoms. The monoisotopic (exact) mass is 261 g/mol. The van der Waals surface area contributed by atoms with Crippen LogP contribution in [0.2, 0.25) is 0 Å². The number of carbonyl (C=O) groups is 1. The highest BCUT2D eigenvalue weighted by molar-refractivity contribution is 7.13. The van der Waals surface area contributed by atoms with Crippen molar-refractivity contribution < 1.29 is 4.79 Å². The third kappa shape index (κ3) is 3.17. The lowest BCUT2D eigenvalue weighted by Crippen LogP contribution is -2.45. The third-order valence-corrected chi connectivity index (χ3v) is 3.10. The van der Waals surface area contributed by atoms with Crippen LogP contribution in [-0.4, -0.2) is 16.4 Å². The molecule has 0 saturated heterocycles. The molecule has 2 rings (SSSR count). The zero-order valence-corrected chi connectivity index (χ0v) is 11.0. The van der Waals surface area contributed by atoms with Crippen molar-refractivity contribution in [1.29, 1.82) is 0 Å². The maximum Gasteiger partial charge on any atom is 0.245 e. The second-order valence-electron chi connectivity index (χ2n) is 4.53. The normalized spacial score (nSPS) is 15.4. The average molecular weight is 262 g/mol. The fraction of sp³-hybridized carbons (Fsp3) is 0.600. The zero-order valence-electron chi connectivity index (χ0n) is 9.32. The summed E-state index contributed by atoms with van der Waals surface area (Å²) in [6, 6.07) is 0. The van der Waals surface area contributed by atoms with Crippen LogP contribution >= 0.6 is 23.7 Å². The standard InChI is InChI=1S/C10H15N3OS.ClH/c1-10(2,11)8(14)13-9-12-7(5-15-9)6-3-4-6;/h5-6H,3-4,11H2,1-2H3,(H,12,13,14);1H. The van der Waals surface area contributed by atoms with Gasteiger partial charge in [0.2, 0.25) is 5.91 Å². The molecule has 0 radical (unpaired) electrons. The van der Waals surface area contributed by atoms with E-state index in [4.69, 9.17) is 5.73 Å². The van der Waals surface area contributed by atoms with Gasteiger partial charge < -0.3 is 11.1 Å². The third-order valence-electron chi connectivity index (χ3n) is 2.32. The van der Waals surface area contributed by atoms with Gasteiger partial charge in [-0.25, -0.2) is 4.98 Å². The Morgan fingerprint density at radius 1 is 1.62 bits per heavy atom. The van der Waals surface area contributed by atoms with Crippen LogP contribution < -0.4 is 11.1 Å². The fourth-order valence-electron chi connectivity index (χ4n) is 1.17. The molecule has 16 heavy (non-hydrogen) atoms. The largest absolute Gasteiger partial charge is 0.318 e. The first-order chi connectivity index (χ1) is 6.97. The van der Waals surface area contributed by atoms with E-state index in [1.54, 1.807) is 13.8 Å².